The van der Waals surface area contributed by atoms with Gasteiger partial charge in [0.15, 0.2) is 0 Å². The van der Waals surface area contributed by atoms with Crippen LogP contribution in [0.4, 0.5) is 0 Å². The van der Waals surface area contributed by atoms with E-state index >= 15 is 0 Å². The Morgan fingerprint density at radius 1 is 0.455 bits per heavy atom. The van der Waals surface area contributed by atoms with Gasteiger partial charge in [-0.2, -0.15) is 0 Å². The molecule has 1 aromatic carbocycles. The van der Waals surface area contributed by atoms with E-state index in [0.29, 0.717) is 12.0 Å². The number of phenols is 1. The number of phenolic OH excluding ortho intramolecular Hbond substituents is 1. The molecule has 0 aliphatic carbocycles. The zero-order chi connectivity index (χ0) is 58.7. The lowest BCUT2D eigenvalue weighted by molar-refractivity contribution is -0.143. The van der Waals surface area contributed by atoms with Gasteiger partial charge in [-0.1, -0.05) is 39.8 Å². The first-order valence-electron chi connectivity index (χ1n) is 25.0. The van der Waals surface area contributed by atoms with Gasteiger partial charge in [0.05, 0.1) is 18.9 Å². The number of aromatic hydroxyl groups is 1. The fourth-order valence-corrected chi connectivity index (χ4v) is 7.38. The predicted octanol–water partition coefficient (Wildman–Crippen LogP) is -5.25. The van der Waals surface area contributed by atoms with Crippen LogP contribution in [-0.4, -0.2) is 148 Å². The van der Waals surface area contributed by atoms with Crippen LogP contribution in [0.5, 0.6) is 5.75 Å². The van der Waals surface area contributed by atoms with Gasteiger partial charge in [0.1, 0.15) is 54.1 Å². The minimum Gasteiger partial charge on any atom is -0.508 e. The van der Waals surface area contributed by atoms with Crippen molar-refractivity contribution in [2.24, 2.45) is 46.2 Å². The second kappa shape index (κ2) is 33.9. The monoisotopic (exact) mass is 1090 g/mol. The minimum atomic E-state index is -1.76. The van der Waals surface area contributed by atoms with Crippen LogP contribution in [0.1, 0.15) is 111 Å². The third-order valence-electron chi connectivity index (χ3n) is 11.4. The SMILES string of the molecule is CC(C)C[C@H](NC(=O)[C@H](CCC(N)=O)NC(=O)[C@H](CCC(N)=O)NC(=O)[C@H](CC(C)C)NC(=O)[C@H](C)NC(=O)[C@H](CCCCN)NC(=O)[C@H](CC(N)=O)NC(=O)[C@H](Cc1ccc(O)cc1)NC(=O)[C@@H](N)CC(N)=O)C(=O)O. The summed E-state index contributed by atoms with van der Waals surface area (Å²) in [5.41, 5.74) is 33.1. The summed E-state index contributed by atoms with van der Waals surface area (Å²) in [7, 11) is 0. The lowest BCUT2D eigenvalue weighted by Crippen LogP contribution is -2.60. The molecule has 0 aliphatic rings. The Morgan fingerprint density at radius 2 is 0.844 bits per heavy atom. The molecule has 77 heavy (non-hydrogen) atoms. The summed E-state index contributed by atoms with van der Waals surface area (Å²) in [4.78, 5) is 168. The van der Waals surface area contributed by atoms with Crippen LogP contribution in [0.15, 0.2) is 24.3 Å². The lowest BCUT2D eigenvalue weighted by atomic mass is 10.0. The fraction of sp³-hybridized carbons (Fsp3) is 0.604. The molecule has 0 radical (unpaired) electrons. The number of aliphatic carboxylic acids is 1. The van der Waals surface area contributed by atoms with Crippen LogP contribution < -0.4 is 76.9 Å². The quantitative estimate of drug-likeness (QED) is 0.0277. The van der Waals surface area contributed by atoms with Gasteiger partial charge in [0.2, 0.25) is 70.9 Å². The zero-order valence-corrected chi connectivity index (χ0v) is 44.0. The molecule has 29 nitrogen and oxygen atoms in total. The third-order valence-corrected chi connectivity index (χ3v) is 11.4. The van der Waals surface area contributed by atoms with E-state index in [4.69, 9.17) is 34.4 Å². The number of carboxylic acid groups (broad SMARTS) is 1. The number of nitrogens with two attached hydrogens (primary N) is 6. The predicted molar refractivity (Wildman–Crippen MR) is 275 cm³/mol. The van der Waals surface area contributed by atoms with Gasteiger partial charge in [-0.3, -0.25) is 57.5 Å². The minimum absolute atomic E-state index is 0.0160. The number of amides is 12. The summed E-state index contributed by atoms with van der Waals surface area (Å²) in [5, 5.41) is 38.8. The highest BCUT2D eigenvalue weighted by Gasteiger charge is 2.35. The Hall–Kier alpha value is -7.95. The molecule has 0 spiro atoms. The molecule has 0 saturated heterocycles. The molecule has 0 aliphatic heterocycles. The molecule has 0 heterocycles. The van der Waals surface area contributed by atoms with Crippen molar-refractivity contribution in [3.63, 3.8) is 0 Å². The molecule has 22 N–H and O–H groups in total. The third kappa shape index (κ3) is 26.9. The van der Waals surface area contributed by atoms with E-state index < -0.39 is 163 Å². The molecule has 1 rings (SSSR count). The Morgan fingerprint density at radius 3 is 1.30 bits per heavy atom. The topological polar surface area (TPSA) is 515 Å². The maximum Gasteiger partial charge on any atom is 0.326 e. The molecule has 1 aromatic rings. The van der Waals surface area contributed by atoms with Gasteiger partial charge < -0.3 is 87.1 Å². The van der Waals surface area contributed by atoms with E-state index in [-0.39, 0.29) is 62.7 Å². The maximum absolute atomic E-state index is 13.9. The molecule has 0 bridgehead atoms. The van der Waals surface area contributed by atoms with Crippen LogP contribution in [0.25, 0.3) is 0 Å². The molecule has 0 fully saturated rings. The van der Waals surface area contributed by atoms with Crippen molar-refractivity contribution >= 4 is 76.9 Å². The first kappa shape index (κ1) is 67.1. The van der Waals surface area contributed by atoms with Crippen LogP contribution in [0.2, 0.25) is 0 Å². The molecule has 430 valence electrons. The van der Waals surface area contributed by atoms with Crippen molar-refractivity contribution in [1.82, 2.24) is 42.5 Å². The summed E-state index contributed by atoms with van der Waals surface area (Å²) >= 11 is 0. The highest BCUT2D eigenvalue weighted by atomic mass is 16.4. The van der Waals surface area contributed by atoms with Crippen molar-refractivity contribution in [3.8, 4) is 5.75 Å². The Kier molecular flexibility index (Phi) is 29.5. The van der Waals surface area contributed by atoms with Gasteiger partial charge in [-0.05, 0) is 87.9 Å². The average Bonchev–Trinajstić information content (AvgIpc) is 3.32. The second-order valence-electron chi connectivity index (χ2n) is 19.4. The molecule has 0 saturated carbocycles. The number of carbonyl (C=O) groups excluding carboxylic acids is 12. The van der Waals surface area contributed by atoms with E-state index in [1.165, 1.54) is 31.2 Å². The smallest absolute Gasteiger partial charge is 0.326 e. The van der Waals surface area contributed by atoms with Crippen molar-refractivity contribution < 1.29 is 72.5 Å². The lowest BCUT2D eigenvalue weighted by Gasteiger charge is -2.28. The summed E-state index contributed by atoms with van der Waals surface area (Å²) in [6.07, 6.45) is -2.83. The van der Waals surface area contributed by atoms with E-state index in [1.807, 2.05) is 0 Å². The van der Waals surface area contributed by atoms with Crippen molar-refractivity contribution in [3.05, 3.63) is 29.8 Å². The van der Waals surface area contributed by atoms with Crippen molar-refractivity contribution in [2.45, 2.75) is 166 Å². The standard InChI is InChI=1S/C48H78N14O15/c1-23(2)18-32(45(73)58-30(13-15-36(51)64)43(71)57-31(14-16-37(52)65)44(72)62-35(48(76)77)19-24(3)4)59-40(68)25(5)55-42(70)29(8-6-7-17-49)56-47(75)34(22-39(54)67)61-46(74)33(20-26-9-11-27(63)12-10-26)60-41(69)28(50)21-38(53)66/h9-12,23-25,28-35,63H,6-8,13-22,49-50H2,1-5H3,(H2,51,64)(H2,52,65)(H2,53,66)(H2,54,67)(H,55,70)(H,56,75)(H,57,71)(H,58,73)(H,59,68)(H,60,69)(H,61,74)(H,62,72)(H,76,77)/t25-,28-,29-,30-,31-,32-,33-,34-,35-/m0/s1. The first-order valence-corrected chi connectivity index (χ1v) is 25.0. The summed E-state index contributed by atoms with van der Waals surface area (Å²) in [5.74, 6) is -13.6. The highest BCUT2D eigenvalue weighted by molar-refractivity contribution is 5.99. The van der Waals surface area contributed by atoms with Crippen LogP contribution in [-0.2, 0) is 68.7 Å². The van der Waals surface area contributed by atoms with Crippen molar-refractivity contribution in [2.75, 3.05) is 6.54 Å². The molecule has 29 heteroatoms. The second-order valence-corrected chi connectivity index (χ2v) is 19.4. The van der Waals surface area contributed by atoms with E-state index in [0.717, 1.165) is 0 Å². The molecule has 9 atom stereocenters. The van der Waals surface area contributed by atoms with Gasteiger partial charge in [0, 0.05) is 19.3 Å². The summed E-state index contributed by atoms with van der Waals surface area (Å²) in [6.45, 7) is 8.28. The molecule has 0 unspecified atom stereocenters. The van der Waals surface area contributed by atoms with Gasteiger partial charge in [-0.15, -0.1) is 0 Å². The van der Waals surface area contributed by atoms with E-state index in [9.17, 15) is 72.5 Å². The Bertz CT molecular complexity index is 2250. The maximum atomic E-state index is 13.9. The average molecular weight is 1090 g/mol. The number of unbranched alkanes of at least 4 members (excludes halogenated alkanes) is 1. The molecular formula is C48H78N14O15. The summed E-state index contributed by atoms with van der Waals surface area (Å²) in [6, 6.07) is -8.06. The number of carbonyl (C=O) groups is 13. The van der Waals surface area contributed by atoms with Gasteiger partial charge in [-0.25, -0.2) is 4.79 Å². The number of hydrogen-bond acceptors (Lipinski definition) is 16. The molecular weight excluding hydrogens is 1010 g/mol. The van der Waals surface area contributed by atoms with E-state index in [2.05, 4.69) is 42.5 Å². The highest BCUT2D eigenvalue weighted by Crippen LogP contribution is 2.14. The molecule has 0 aromatic heterocycles. The summed E-state index contributed by atoms with van der Waals surface area (Å²) < 4.78 is 0. The number of primary amides is 4. The van der Waals surface area contributed by atoms with E-state index in [1.54, 1.807) is 27.7 Å². The Labute approximate surface area is 445 Å². The van der Waals surface area contributed by atoms with Crippen LogP contribution in [0.3, 0.4) is 0 Å². The number of benzene rings is 1. The fourth-order valence-electron chi connectivity index (χ4n) is 7.38. The van der Waals surface area contributed by atoms with Gasteiger partial charge in [0.25, 0.3) is 0 Å². The van der Waals surface area contributed by atoms with Gasteiger partial charge >= 0.3 is 5.97 Å². The zero-order valence-electron chi connectivity index (χ0n) is 44.0. The number of nitrogens with one attached hydrogen (secondary N) is 8. The number of rotatable bonds is 37. The van der Waals surface area contributed by atoms with Crippen molar-refractivity contribution in [1.29, 1.82) is 0 Å². The largest absolute Gasteiger partial charge is 0.508 e. The van der Waals surface area contributed by atoms with Crippen LogP contribution >= 0.6 is 0 Å². The number of hydrogen-bond donors (Lipinski definition) is 16. The Balaban J connectivity index is 3.43. The molecule has 12 amide bonds. The van der Waals surface area contributed by atoms with Crippen LogP contribution in [0, 0.1) is 11.8 Å². The normalized spacial score (nSPS) is 14.6. The first-order chi connectivity index (χ1) is 35.9. The number of carboxylic acids is 1.